The number of para-hydroxylation sites is 2. The molecule has 150 valence electrons. The minimum absolute atomic E-state index is 0.275. The molecule has 1 N–H and O–H groups in total. The summed E-state index contributed by atoms with van der Waals surface area (Å²) in [7, 11) is -3.32. The zero-order chi connectivity index (χ0) is 20.3. The summed E-state index contributed by atoms with van der Waals surface area (Å²) in [4.78, 5) is 24.2. The van der Waals surface area contributed by atoms with Crippen LogP contribution >= 0.6 is 23.7 Å². The van der Waals surface area contributed by atoms with Crippen molar-refractivity contribution in [1.82, 2.24) is 0 Å². The van der Waals surface area contributed by atoms with Crippen LogP contribution in [0.5, 0.6) is 0 Å². The van der Waals surface area contributed by atoms with Gasteiger partial charge in [-0.15, -0.1) is 0 Å². The van der Waals surface area contributed by atoms with Crippen molar-refractivity contribution in [3.63, 3.8) is 0 Å². The number of hydrogen-bond donors (Lipinski definition) is 1. The van der Waals surface area contributed by atoms with E-state index in [4.69, 9.17) is 0 Å². The van der Waals surface area contributed by atoms with E-state index in [9.17, 15) is 9.69 Å². The van der Waals surface area contributed by atoms with Crippen LogP contribution in [0.1, 0.15) is 17.6 Å². The van der Waals surface area contributed by atoms with Crippen LogP contribution in [-0.4, -0.2) is 24.3 Å². The third-order valence-corrected chi connectivity index (χ3v) is 10.1. The van der Waals surface area contributed by atoms with E-state index in [1.807, 2.05) is 84.9 Å². The third-order valence-electron chi connectivity index (χ3n) is 5.55. The molecule has 1 fully saturated rings. The number of rotatable bonds is 6. The fourth-order valence-corrected chi connectivity index (χ4v) is 8.49. The van der Waals surface area contributed by atoms with Gasteiger partial charge < -0.3 is 0 Å². The molecule has 6 heteroatoms. The van der Waals surface area contributed by atoms with E-state index in [0.29, 0.717) is 13.1 Å². The first-order valence-corrected chi connectivity index (χ1v) is 12.4. The van der Waals surface area contributed by atoms with Gasteiger partial charge in [-0.05, 0) is 0 Å². The molecule has 0 radical (unpaired) electrons. The Hall–Kier alpha value is -2.20. The van der Waals surface area contributed by atoms with Crippen LogP contribution in [0.2, 0.25) is 0 Å². The van der Waals surface area contributed by atoms with Gasteiger partial charge in [0.05, 0.1) is 0 Å². The monoisotopic (exact) mass is 470 g/mol. The molecule has 29 heavy (non-hydrogen) atoms. The molecular formula is C23H24BrN2O2P. The van der Waals surface area contributed by atoms with Crippen LogP contribution in [0, 0.1) is 0 Å². The van der Waals surface area contributed by atoms with Gasteiger partial charge in [0.15, 0.2) is 0 Å². The van der Waals surface area contributed by atoms with E-state index in [-0.39, 0.29) is 12.1 Å². The maximum absolute atomic E-state index is 12.5. The third kappa shape index (κ3) is 3.83. The SMILES string of the molecule is O=CCC(c1ccc(Br)cc1)[PH]1(O)N(c2ccccc2)CCN1c1ccccc1. The summed E-state index contributed by atoms with van der Waals surface area (Å²) >= 11 is 3.49. The summed E-state index contributed by atoms with van der Waals surface area (Å²) in [6, 6.07) is 28.0. The Bertz CT molecular complexity index is 906. The molecule has 0 bridgehead atoms. The van der Waals surface area contributed by atoms with Gasteiger partial charge in [-0.2, -0.15) is 0 Å². The average Bonchev–Trinajstić information content (AvgIpc) is 3.12. The average molecular weight is 471 g/mol. The summed E-state index contributed by atoms with van der Waals surface area (Å²) in [5, 5.41) is 0. The Balaban J connectivity index is 1.86. The quantitative estimate of drug-likeness (QED) is 0.376. The Labute approximate surface area is 180 Å². The summed E-state index contributed by atoms with van der Waals surface area (Å²) in [6.07, 6.45) is 1.21. The number of benzene rings is 3. The predicted octanol–water partition coefficient (Wildman–Crippen LogP) is 5.59. The normalized spacial score (nSPS) is 17.7. The molecule has 1 heterocycles. The van der Waals surface area contributed by atoms with Crippen molar-refractivity contribution >= 4 is 41.4 Å². The molecule has 0 amide bonds. The first-order chi connectivity index (χ1) is 14.1. The topological polar surface area (TPSA) is 43.8 Å². The fraction of sp³-hybridized carbons (Fsp3) is 0.174. The minimum atomic E-state index is -3.32. The summed E-state index contributed by atoms with van der Waals surface area (Å²) in [5.74, 6) is 0. The molecule has 3 aromatic carbocycles. The molecule has 0 saturated carbocycles. The Morgan fingerprint density at radius 1 is 0.862 bits per heavy atom. The van der Waals surface area contributed by atoms with Gasteiger partial charge in [0.2, 0.25) is 0 Å². The zero-order valence-electron chi connectivity index (χ0n) is 16.0. The molecule has 0 spiro atoms. The Morgan fingerprint density at radius 2 is 1.34 bits per heavy atom. The van der Waals surface area contributed by atoms with E-state index in [2.05, 4.69) is 25.3 Å². The van der Waals surface area contributed by atoms with E-state index >= 15 is 0 Å². The second-order valence-corrected chi connectivity index (χ2v) is 11.2. The number of carbonyl (C=O) groups is 1. The first-order valence-electron chi connectivity index (χ1n) is 9.71. The van der Waals surface area contributed by atoms with E-state index < -0.39 is 7.79 Å². The van der Waals surface area contributed by atoms with Crippen LogP contribution in [0.15, 0.2) is 89.4 Å². The number of carbonyl (C=O) groups excluding carboxylic acids is 1. The molecule has 4 nitrogen and oxygen atoms in total. The Morgan fingerprint density at radius 3 is 1.79 bits per heavy atom. The molecule has 1 saturated heterocycles. The molecule has 1 aliphatic heterocycles. The van der Waals surface area contributed by atoms with Gasteiger partial charge in [-0.25, -0.2) is 0 Å². The van der Waals surface area contributed by atoms with Gasteiger partial charge in [0.1, 0.15) is 0 Å². The number of aldehydes is 1. The van der Waals surface area contributed by atoms with E-state index in [1.165, 1.54) is 0 Å². The van der Waals surface area contributed by atoms with E-state index in [0.717, 1.165) is 27.7 Å². The van der Waals surface area contributed by atoms with Crippen molar-refractivity contribution in [2.24, 2.45) is 0 Å². The van der Waals surface area contributed by atoms with Gasteiger partial charge in [0, 0.05) is 0 Å². The first kappa shape index (κ1) is 20.1. The number of anilines is 2. The van der Waals surface area contributed by atoms with Crippen molar-refractivity contribution < 1.29 is 9.69 Å². The second-order valence-electron chi connectivity index (χ2n) is 7.17. The summed E-state index contributed by atoms with van der Waals surface area (Å²) in [6.45, 7) is 1.43. The standard InChI is InChI=1S/C23H24BrN2O2P/c24-20-13-11-19(12-14-20)23(15-18-27)29(28)25(21-7-3-1-4-8-21)16-17-26(29)22-9-5-2-6-10-22/h1-14,18,23,28-29H,15-17H2. The zero-order valence-corrected chi connectivity index (χ0v) is 18.6. The molecule has 1 aliphatic rings. The van der Waals surface area contributed by atoms with Crippen LogP contribution in [0.25, 0.3) is 0 Å². The molecule has 1 unspecified atom stereocenters. The van der Waals surface area contributed by atoms with Gasteiger partial charge in [-0.1, -0.05) is 0 Å². The van der Waals surface area contributed by atoms with Crippen molar-refractivity contribution in [3.8, 4) is 0 Å². The number of hydrogen-bond acceptors (Lipinski definition) is 4. The van der Waals surface area contributed by atoms with Crippen LogP contribution < -0.4 is 9.34 Å². The second kappa shape index (κ2) is 8.66. The van der Waals surface area contributed by atoms with Gasteiger partial charge in [-0.3, -0.25) is 0 Å². The molecule has 1 atom stereocenters. The molecule has 4 rings (SSSR count). The molecule has 0 aliphatic carbocycles. The summed E-state index contributed by atoms with van der Waals surface area (Å²) < 4.78 is 5.28. The van der Waals surface area contributed by atoms with Crippen LogP contribution in [-0.2, 0) is 4.79 Å². The van der Waals surface area contributed by atoms with Crippen LogP contribution in [0.3, 0.4) is 0 Å². The van der Waals surface area contributed by atoms with Gasteiger partial charge >= 0.3 is 181 Å². The van der Waals surface area contributed by atoms with Crippen molar-refractivity contribution in [2.75, 3.05) is 22.4 Å². The predicted molar refractivity (Wildman–Crippen MR) is 126 cm³/mol. The number of halogens is 1. The van der Waals surface area contributed by atoms with Crippen molar-refractivity contribution in [2.45, 2.75) is 12.1 Å². The molecular weight excluding hydrogens is 447 g/mol. The molecule has 0 aromatic heterocycles. The molecule has 3 aromatic rings. The van der Waals surface area contributed by atoms with E-state index in [1.54, 1.807) is 0 Å². The van der Waals surface area contributed by atoms with Crippen molar-refractivity contribution in [1.29, 1.82) is 0 Å². The maximum atomic E-state index is 12.5. The van der Waals surface area contributed by atoms with Crippen LogP contribution in [0.4, 0.5) is 11.4 Å². The summed E-state index contributed by atoms with van der Waals surface area (Å²) in [5.41, 5.74) is 2.69. The Kier molecular flexibility index (Phi) is 6.00. The van der Waals surface area contributed by atoms with Gasteiger partial charge in [0.25, 0.3) is 0 Å². The van der Waals surface area contributed by atoms with Crippen molar-refractivity contribution in [3.05, 3.63) is 95.0 Å². The number of nitrogens with zero attached hydrogens (tertiary/aromatic N) is 2. The fourth-order valence-electron chi connectivity index (χ4n) is 4.21.